The molecule has 6 nitrogen and oxygen atoms in total. The molecule has 0 amide bonds. The van der Waals surface area contributed by atoms with E-state index in [-0.39, 0.29) is 17.5 Å². The van der Waals surface area contributed by atoms with Gasteiger partial charge in [-0.15, -0.1) is 13.9 Å². The van der Waals surface area contributed by atoms with Gasteiger partial charge in [0.05, 0.1) is 6.21 Å². The predicted molar refractivity (Wildman–Crippen MR) is 56.0 cm³/mol. The van der Waals surface area contributed by atoms with Gasteiger partial charge in [-0.05, 0) is 23.8 Å². The van der Waals surface area contributed by atoms with Crippen molar-refractivity contribution in [3.05, 3.63) is 23.8 Å². The lowest BCUT2D eigenvalue weighted by atomic mass is 10.2. The van der Waals surface area contributed by atoms with Crippen LogP contribution in [0, 0.1) is 0 Å². The highest BCUT2D eigenvalue weighted by Crippen LogP contribution is 2.40. The smallest absolute Gasteiger partial charge is 0.395 e. The number of guanidine groups is 1. The molecule has 0 radical (unpaired) electrons. The van der Waals surface area contributed by atoms with Crippen molar-refractivity contribution in [2.45, 2.75) is 6.29 Å². The first kappa shape index (κ1) is 11.1. The second-order valence-corrected chi connectivity index (χ2v) is 3.14. The van der Waals surface area contributed by atoms with Gasteiger partial charge in [0.25, 0.3) is 0 Å². The van der Waals surface area contributed by atoms with Gasteiger partial charge in [0, 0.05) is 0 Å². The molecule has 2 rings (SSSR count). The highest BCUT2D eigenvalue weighted by molar-refractivity contribution is 5.82. The molecule has 90 valence electrons. The van der Waals surface area contributed by atoms with Crippen LogP contribution in [0.25, 0.3) is 0 Å². The zero-order valence-corrected chi connectivity index (χ0v) is 8.43. The van der Waals surface area contributed by atoms with E-state index >= 15 is 0 Å². The zero-order chi connectivity index (χ0) is 12.5. The number of rotatable bonds is 2. The molecular weight excluding hydrogens is 234 g/mol. The summed E-state index contributed by atoms with van der Waals surface area (Å²) in [4.78, 5) is 0. The average Bonchev–Trinajstić information content (AvgIpc) is 2.50. The number of hydrogen-bond donors (Lipinski definition) is 2. The average molecular weight is 242 g/mol. The fraction of sp³-hybridized carbons (Fsp3) is 0.111. The molecule has 0 saturated heterocycles. The fourth-order valence-corrected chi connectivity index (χ4v) is 1.21. The molecule has 1 aromatic carbocycles. The first-order chi connectivity index (χ1) is 7.96. The number of alkyl halides is 2. The summed E-state index contributed by atoms with van der Waals surface area (Å²) in [5.41, 5.74) is 10.6. The Kier molecular flexibility index (Phi) is 2.54. The maximum Gasteiger partial charge on any atom is 0.586 e. The van der Waals surface area contributed by atoms with Crippen LogP contribution in [-0.4, -0.2) is 18.5 Å². The summed E-state index contributed by atoms with van der Waals surface area (Å²) < 4.78 is 33.9. The number of benzene rings is 1. The Morgan fingerprint density at radius 1 is 1.24 bits per heavy atom. The minimum absolute atomic E-state index is 0.0333. The van der Waals surface area contributed by atoms with Crippen molar-refractivity contribution in [3.63, 3.8) is 0 Å². The summed E-state index contributed by atoms with van der Waals surface area (Å²) in [6, 6.07) is 4.18. The van der Waals surface area contributed by atoms with Gasteiger partial charge >= 0.3 is 6.29 Å². The summed E-state index contributed by atoms with van der Waals surface area (Å²) in [5, 5.41) is 6.90. The summed E-state index contributed by atoms with van der Waals surface area (Å²) in [7, 11) is 0. The molecule has 0 saturated carbocycles. The molecule has 8 heteroatoms. The number of nitrogens with two attached hydrogens (primary N) is 2. The van der Waals surface area contributed by atoms with Crippen molar-refractivity contribution in [1.29, 1.82) is 0 Å². The zero-order valence-electron chi connectivity index (χ0n) is 8.43. The van der Waals surface area contributed by atoms with Gasteiger partial charge in [-0.2, -0.15) is 5.10 Å². The van der Waals surface area contributed by atoms with E-state index in [9.17, 15) is 8.78 Å². The third kappa shape index (κ3) is 2.60. The van der Waals surface area contributed by atoms with Crippen molar-refractivity contribution >= 4 is 12.2 Å². The topological polar surface area (TPSA) is 95.2 Å². The van der Waals surface area contributed by atoms with Gasteiger partial charge in [0.15, 0.2) is 11.5 Å². The van der Waals surface area contributed by atoms with Gasteiger partial charge in [-0.25, -0.2) is 0 Å². The maximum atomic E-state index is 12.7. The Bertz CT molecular complexity index is 498. The Morgan fingerprint density at radius 2 is 1.94 bits per heavy atom. The SMILES string of the molecule is NC(N)=NN=Cc1ccc2c(c1)OC(F)(F)O2. The van der Waals surface area contributed by atoms with Crippen LogP contribution >= 0.6 is 0 Å². The van der Waals surface area contributed by atoms with E-state index in [0.717, 1.165) is 0 Å². The first-order valence-corrected chi connectivity index (χ1v) is 4.48. The van der Waals surface area contributed by atoms with Crippen molar-refractivity contribution in [2.24, 2.45) is 21.7 Å². The Balaban J connectivity index is 2.19. The molecule has 0 unspecified atom stereocenters. The number of nitrogens with zero attached hydrogens (tertiary/aromatic N) is 2. The molecule has 1 aliphatic heterocycles. The van der Waals surface area contributed by atoms with Crippen LogP contribution in [0.5, 0.6) is 11.5 Å². The molecule has 0 bridgehead atoms. The second-order valence-electron chi connectivity index (χ2n) is 3.14. The van der Waals surface area contributed by atoms with Crippen molar-refractivity contribution in [2.75, 3.05) is 0 Å². The van der Waals surface area contributed by atoms with Crippen LogP contribution in [0.15, 0.2) is 28.4 Å². The molecule has 0 fully saturated rings. The van der Waals surface area contributed by atoms with E-state index < -0.39 is 6.29 Å². The molecule has 0 spiro atoms. The summed E-state index contributed by atoms with van der Waals surface area (Å²) in [6.45, 7) is 0. The predicted octanol–water partition coefficient (Wildman–Crippen LogP) is 0.615. The Morgan fingerprint density at radius 3 is 2.65 bits per heavy atom. The Labute approximate surface area is 94.5 Å². The van der Waals surface area contributed by atoms with Crippen LogP contribution in [0.1, 0.15) is 5.56 Å². The maximum absolute atomic E-state index is 12.7. The first-order valence-electron chi connectivity index (χ1n) is 4.48. The molecular formula is C9H8F2N4O2. The molecule has 0 aromatic heterocycles. The van der Waals surface area contributed by atoms with Crippen molar-refractivity contribution in [1.82, 2.24) is 0 Å². The van der Waals surface area contributed by atoms with Gasteiger partial charge < -0.3 is 20.9 Å². The molecule has 1 heterocycles. The minimum atomic E-state index is -3.63. The van der Waals surface area contributed by atoms with Crippen LogP contribution in [0.3, 0.4) is 0 Å². The summed E-state index contributed by atoms with van der Waals surface area (Å²) in [5.74, 6) is -0.300. The van der Waals surface area contributed by atoms with Crippen molar-refractivity contribution < 1.29 is 18.3 Å². The van der Waals surface area contributed by atoms with E-state index in [4.69, 9.17) is 11.5 Å². The van der Waals surface area contributed by atoms with Gasteiger partial charge in [-0.1, -0.05) is 0 Å². The Hall–Kier alpha value is -2.38. The summed E-state index contributed by atoms with van der Waals surface area (Å²) in [6.07, 6.45) is -2.34. The minimum Gasteiger partial charge on any atom is -0.395 e. The monoisotopic (exact) mass is 242 g/mol. The number of ether oxygens (including phenoxy) is 2. The largest absolute Gasteiger partial charge is 0.586 e. The van der Waals surface area contributed by atoms with Gasteiger partial charge in [-0.3, -0.25) is 0 Å². The molecule has 0 atom stereocenters. The lowest BCUT2D eigenvalue weighted by Gasteiger charge is -2.04. The third-order valence-electron chi connectivity index (χ3n) is 1.81. The highest BCUT2D eigenvalue weighted by atomic mass is 19.3. The molecule has 17 heavy (non-hydrogen) atoms. The van der Waals surface area contributed by atoms with E-state index in [1.165, 1.54) is 24.4 Å². The van der Waals surface area contributed by atoms with Gasteiger partial charge in [0.1, 0.15) is 0 Å². The van der Waals surface area contributed by atoms with E-state index in [1.54, 1.807) is 0 Å². The quantitative estimate of drug-likeness (QED) is 0.451. The third-order valence-corrected chi connectivity index (χ3v) is 1.81. The van der Waals surface area contributed by atoms with E-state index in [2.05, 4.69) is 19.7 Å². The van der Waals surface area contributed by atoms with Gasteiger partial charge in [0.2, 0.25) is 5.96 Å². The molecule has 1 aromatic rings. The van der Waals surface area contributed by atoms with Crippen LogP contribution in [0.4, 0.5) is 8.78 Å². The van der Waals surface area contributed by atoms with Crippen LogP contribution < -0.4 is 20.9 Å². The standard InChI is InChI=1S/C9H8F2N4O2/c10-9(11)16-6-2-1-5(3-7(6)17-9)4-14-15-8(12)13/h1-4H,(H4,12,13,15). The number of hydrogen-bond acceptors (Lipinski definition) is 4. The van der Waals surface area contributed by atoms with Crippen LogP contribution in [0.2, 0.25) is 0 Å². The number of halogens is 2. The van der Waals surface area contributed by atoms with E-state index in [0.29, 0.717) is 5.56 Å². The molecule has 4 N–H and O–H groups in total. The highest BCUT2D eigenvalue weighted by Gasteiger charge is 2.43. The van der Waals surface area contributed by atoms with Crippen LogP contribution in [-0.2, 0) is 0 Å². The molecule has 1 aliphatic rings. The summed E-state index contributed by atoms with van der Waals surface area (Å²) >= 11 is 0. The number of fused-ring (bicyclic) bond motifs is 1. The molecule has 0 aliphatic carbocycles. The van der Waals surface area contributed by atoms with E-state index in [1.807, 2.05) is 0 Å². The fourth-order valence-electron chi connectivity index (χ4n) is 1.21. The lowest BCUT2D eigenvalue weighted by Crippen LogP contribution is -2.25. The lowest BCUT2D eigenvalue weighted by molar-refractivity contribution is -0.286. The normalized spacial score (nSPS) is 16.1. The second kappa shape index (κ2) is 3.89. The van der Waals surface area contributed by atoms with Crippen molar-refractivity contribution in [3.8, 4) is 11.5 Å².